The van der Waals surface area contributed by atoms with Gasteiger partial charge in [0.1, 0.15) is 5.69 Å². The first-order valence-corrected chi connectivity index (χ1v) is 5.03. The molecule has 0 aliphatic heterocycles. The molecule has 6 heteroatoms. The Balaban J connectivity index is 2.37. The van der Waals surface area contributed by atoms with E-state index in [1.54, 1.807) is 35.4 Å². The van der Waals surface area contributed by atoms with Gasteiger partial charge in [0.05, 0.1) is 23.5 Å². The van der Waals surface area contributed by atoms with E-state index < -0.39 is 5.91 Å². The molecule has 17 heavy (non-hydrogen) atoms. The Morgan fingerprint density at radius 1 is 1.35 bits per heavy atom. The molecule has 3 N–H and O–H groups in total. The number of nitrogens with two attached hydrogens (primary N) is 1. The molecule has 0 fully saturated rings. The number of rotatable bonds is 2. The second kappa shape index (κ2) is 3.44. The number of benzene rings is 1. The number of nitrogens with zero attached hydrogens (tertiary/aromatic N) is 3. The molecule has 0 spiro atoms. The van der Waals surface area contributed by atoms with Gasteiger partial charge in [-0.05, 0) is 6.07 Å². The number of carbonyl (C=O) groups excluding carboxylic acids is 1. The van der Waals surface area contributed by atoms with Gasteiger partial charge in [-0.25, -0.2) is 4.68 Å². The lowest BCUT2D eigenvalue weighted by Crippen LogP contribution is -2.12. The van der Waals surface area contributed by atoms with Gasteiger partial charge in [-0.3, -0.25) is 9.89 Å². The van der Waals surface area contributed by atoms with Crippen molar-refractivity contribution in [2.45, 2.75) is 0 Å². The molecule has 2 heterocycles. The zero-order valence-electron chi connectivity index (χ0n) is 8.79. The molecule has 0 atom stereocenters. The first kappa shape index (κ1) is 9.59. The summed E-state index contributed by atoms with van der Waals surface area (Å²) < 4.78 is 1.64. The lowest BCUT2D eigenvalue weighted by Gasteiger charge is -2.03. The van der Waals surface area contributed by atoms with Crippen molar-refractivity contribution in [1.82, 2.24) is 20.0 Å². The Hall–Kier alpha value is -2.63. The van der Waals surface area contributed by atoms with Crippen LogP contribution in [0, 0.1) is 0 Å². The Morgan fingerprint density at radius 3 is 2.94 bits per heavy atom. The van der Waals surface area contributed by atoms with E-state index >= 15 is 0 Å². The molecule has 0 radical (unpaired) electrons. The Kier molecular flexibility index (Phi) is 1.94. The van der Waals surface area contributed by atoms with Crippen molar-refractivity contribution in [3.8, 4) is 5.69 Å². The highest BCUT2D eigenvalue weighted by Gasteiger charge is 2.13. The number of aromatic nitrogens is 4. The summed E-state index contributed by atoms with van der Waals surface area (Å²) in [6.45, 7) is 0. The average Bonchev–Trinajstić information content (AvgIpc) is 2.96. The predicted octanol–water partition coefficient (Wildman–Crippen LogP) is 0.847. The predicted molar refractivity (Wildman–Crippen MR) is 61.7 cm³/mol. The van der Waals surface area contributed by atoms with E-state index in [-0.39, 0.29) is 0 Å². The number of hydrogen-bond donors (Lipinski definition) is 2. The number of carbonyl (C=O) groups is 1. The Labute approximate surface area is 96.0 Å². The van der Waals surface area contributed by atoms with Crippen LogP contribution in [0.5, 0.6) is 0 Å². The van der Waals surface area contributed by atoms with E-state index in [4.69, 9.17) is 5.73 Å². The Morgan fingerprint density at radius 2 is 2.24 bits per heavy atom. The van der Waals surface area contributed by atoms with Crippen LogP contribution in [0.1, 0.15) is 10.4 Å². The summed E-state index contributed by atoms with van der Waals surface area (Å²) in [4.78, 5) is 11.4. The normalized spacial score (nSPS) is 10.8. The van der Waals surface area contributed by atoms with Crippen molar-refractivity contribution in [2.75, 3.05) is 0 Å². The van der Waals surface area contributed by atoms with Crippen LogP contribution in [-0.4, -0.2) is 25.9 Å². The molecule has 0 bridgehead atoms. The minimum atomic E-state index is -0.471. The quantitative estimate of drug-likeness (QED) is 0.680. The molecule has 84 valence electrons. The molecular weight excluding hydrogens is 218 g/mol. The molecule has 3 aromatic rings. The molecule has 2 aromatic heterocycles. The highest BCUT2D eigenvalue weighted by molar-refractivity contribution is 6.05. The molecule has 0 saturated heterocycles. The number of fused-ring (bicyclic) bond motifs is 1. The summed E-state index contributed by atoms with van der Waals surface area (Å²) in [5, 5.41) is 11.7. The molecule has 0 aliphatic carbocycles. The molecule has 3 rings (SSSR count). The van der Waals surface area contributed by atoms with Gasteiger partial charge >= 0.3 is 0 Å². The van der Waals surface area contributed by atoms with Gasteiger partial charge in [-0.2, -0.15) is 10.2 Å². The lowest BCUT2D eigenvalue weighted by molar-refractivity contribution is 0.100. The molecule has 1 amide bonds. The third-order valence-electron chi connectivity index (χ3n) is 2.59. The van der Waals surface area contributed by atoms with E-state index in [0.717, 1.165) is 11.1 Å². The van der Waals surface area contributed by atoms with Crippen molar-refractivity contribution in [3.63, 3.8) is 0 Å². The van der Waals surface area contributed by atoms with Crippen LogP contribution in [0.15, 0.2) is 36.8 Å². The second-order valence-electron chi connectivity index (χ2n) is 3.62. The van der Waals surface area contributed by atoms with Crippen LogP contribution >= 0.6 is 0 Å². The van der Waals surface area contributed by atoms with Crippen molar-refractivity contribution in [1.29, 1.82) is 0 Å². The third-order valence-corrected chi connectivity index (χ3v) is 2.59. The average molecular weight is 227 g/mol. The minimum Gasteiger partial charge on any atom is -0.366 e. The first-order valence-electron chi connectivity index (χ1n) is 5.03. The van der Waals surface area contributed by atoms with Crippen molar-refractivity contribution in [2.24, 2.45) is 5.73 Å². The summed E-state index contributed by atoms with van der Waals surface area (Å²) in [6.07, 6.45) is 5.02. The fraction of sp³-hybridized carbons (Fsp3) is 0. The molecular formula is C11H9N5O. The summed E-state index contributed by atoms with van der Waals surface area (Å²) in [5.41, 5.74) is 7.26. The first-order chi connectivity index (χ1) is 8.27. The zero-order chi connectivity index (χ0) is 11.8. The van der Waals surface area contributed by atoms with Crippen LogP contribution in [0.2, 0.25) is 0 Å². The number of aromatic amines is 1. The van der Waals surface area contributed by atoms with Crippen molar-refractivity contribution < 1.29 is 4.79 Å². The molecule has 1 aromatic carbocycles. The maximum absolute atomic E-state index is 11.4. The van der Waals surface area contributed by atoms with Gasteiger partial charge in [0.2, 0.25) is 0 Å². The standard InChI is InChI=1S/C11H9N5O/c12-11(17)9-3-1-2-7-4-15-16(10(7)9)8-5-13-14-6-8/h1-6H,(H2,12,17)(H,13,14). The SMILES string of the molecule is NC(=O)c1cccc2cnn(-c3cn[nH]c3)c12. The van der Waals surface area contributed by atoms with Gasteiger partial charge in [-0.15, -0.1) is 0 Å². The van der Waals surface area contributed by atoms with Crippen LogP contribution in [-0.2, 0) is 0 Å². The number of primary amides is 1. The van der Waals surface area contributed by atoms with E-state index in [1.807, 2.05) is 6.07 Å². The van der Waals surface area contributed by atoms with Gasteiger partial charge in [0, 0.05) is 11.6 Å². The van der Waals surface area contributed by atoms with Crippen LogP contribution in [0.4, 0.5) is 0 Å². The fourth-order valence-corrected chi connectivity index (χ4v) is 1.83. The number of para-hydroxylation sites is 1. The van der Waals surface area contributed by atoms with Crippen LogP contribution in [0.3, 0.4) is 0 Å². The molecule has 6 nitrogen and oxygen atoms in total. The minimum absolute atomic E-state index is 0.446. The fourth-order valence-electron chi connectivity index (χ4n) is 1.83. The maximum atomic E-state index is 11.4. The number of H-pyrrole nitrogens is 1. The summed E-state index contributed by atoms with van der Waals surface area (Å²) in [5.74, 6) is -0.471. The number of nitrogens with one attached hydrogen (secondary N) is 1. The summed E-state index contributed by atoms with van der Waals surface area (Å²) in [6, 6.07) is 5.35. The molecule has 0 unspecified atom stereocenters. The van der Waals surface area contributed by atoms with E-state index in [1.165, 1.54) is 0 Å². The van der Waals surface area contributed by atoms with E-state index in [0.29, 0.717) is 11.1 Å². The van der Waals surface area contributed by atoms with Crippen LogP contribution < -0.4 is 5.73 Å². The number of hydrogen-bond acceptors (Lipinski definition) is 3. The Bertz CT molecular complexity index is 683. The lowest BCUT2D eigenvalue weighted by atomic mass is 10.1. The highest BCUT2D eigenvalue weighted by atomic mass is 16.1. The third kappa shape index (κ3) is 1.38. The maximum Gasteiger partial charge on any atom is 0.250 e. The van der Waals surface area contributed by atoms with Crippen LogP contribution in [0.25, 0.3) is 16.6 Å². The van der Waals surface area contributed by atoms with Gasteiger partial charge in [0.15, 0.2) is 0 Å². The van der Waals surface area contributed by atoms with Gasteiger partial charge in [0.25, 0.3) is 5.91 Å². The summed E-state index contributed by atoms with van der Waals surface area (Å²) >= 11 is 0. The zero-order valence-corrected chi connectivity index (χ0v) is 8.79. The van der Waals surface area contributed by atoms with Crippen molar-refractivity contribution in [3.05, 3.63) is 42.4 Å². The largest absolute Gasteiger partial charge is 0.366 e. The molecule has 0 aliphatic rings. The number of amides is 1. The van der Waals surface area contributed by atoms with E-state index in [9.17, 15) is 4.79 Å². The smallest absolute Gasteiger partial charge is 0.250 e. The monoisotopic (exact) mass is 227 g/mol. The van der Waals surface area contributed by atoms with Crippen molar-refractivity contribution >= 4 is 16.8 Å². The van der Waals surface area contributed by atoms with E-state index in [2.05, 4.69) is 15.3 Å². The second-order valence-corrected chi connectivity index (χ2v) is 3.62. The van der Waals surface area contributed by atoms with Gasteiger partial charge < -0.3 is 5.73 Å². The summed E-state index contributed by atoms with van der Waals surface area (Å²) in [7, 11) is 0. The topological polar surface area (TPSA) is 89.6 Å². The highest BCUT2D eigenvalue weighted by Crippen LogP contribution is 2.21. The molecule has 0 saturated carbocycles. The van der Waals surface area contributed by atoms with Gasteiger partial charge in [-0.1, -0.05) is 12.1 Å².